The summed E-state index contributed by atoms with van der Waals surface area (Å²) in [5.41, 5.74) is 2.62. The van der Waals surface area contributed by atoms with Crippen molar-refractivity contribution in [1.29, 1.82) is 0 Å². The lowest BCUT2D eigenvalue weighted by Crippen LogP contribution is -2.92. The van der Waals surface area contributed by atoms with Gasteiger partial charge in [-0.25, -0.2) is 0 Å². The second-order valence-electron chi connectivity index (χ2n) is 5.42. The first-order valence-corrected chi connectivity index (χ1v) is 7.50. The molecular formula is C18H20N2O3. The molecule has 0 aliphatic carbocycles. The fourth-order valence-corrected chi connectivity index (χ4v) is 2.27. The average molecular weight is 312 g/mol. The minimum Gasteiger partial charge on any atom is -0.544 e. The van der Waals surface area contributed by atoms with Gasteiger partial charge in [0.15, 0.2) is 0 Å². The number of aryl methyl sites for hydroxylation is 1. The maximum absolute atomic E-state index is 12.1. The Kier molecular flexibility index (Phi) is 5.88. The Bertz CT molecular complexity index is 671. The van der Waals surface area contributed by atoms with Crippen LogP contribution in [0.4, 0.5) is 5.69 Å². The zero-order valence-corrected chi connectivity index (χ0v) is 13.0. The van der Waals surface area contributed by atoms with Crippen LogP contribution in [0.3, 0.4) is 0 Å². The summed E-state index contributed by atoms with van der Waals surface area (Å²) in [6, 6.07) is 16.0. The van der Waals surface area contributed by atoms with E-state index in [2.05, 4.69) is 5.32 Å². The zero-order valence-electron chi connectivity index (χ0n) is 13.0. The molecular weight excluding hydrogens is 292 g/mol. The Hall–Kier alpha value is -2.66. The van der Waals surface area contributed by atoms with Gasteiger partial charge in [-0.1, -0.05) is 48.5 Å². The maximum Gasteiger partial charge on any atom is 0.230 e. The van der Waals surface area contributed by atoms with E-state index in [0.29, 0.717) is 12.2 Å². The number of hydrogen-bond donors (Lipinski definition) is 2. The SMILES string of the molecule is Cc1ccccc1NC(=O)C[C@H]([NH2+]Cc1ccccc1)C(=O)[O-]. The molecule has 23 heavy (non-hydrogen) atoms. The fraction of sp³-hybridized carbons (Fsp3) is 0.222. The van der Waals surface area contributed by atoms with Crippen LogP contribution in [0.25, 0.3) is 0 Å². The number of nitrogens with two attached hydrogens (primary N) is 1. The molecule has 5 nitrogen and oxygen atoms in total. The van der Waals surface area contributed by atoms with Gasteiger partial charge in [0.25, 0.3) is 0 Å². The van der Waals surface area contributed by atoms with Gasteiger partial charge in [-0.3, -0.25) is 4.79 Å². The van der Waals surface area contributed by atoms with Crippen LogP contribution in [0.5, 0.6) is 0 Å². The highest BCUT2D eigenvalue weighted by atomic mass is 16.4. The van der Waals surface area contributed by atoms with E-state index in [9.17, 15) is 14.7 Å². The Morgan fingerprint density at radius 1 is 1.09 bits per heavy atom. The van der Waals surface area contributed by atoms with Crippen molar-refractivity contribution in [3.05, 3.63) is 65.7 Å². The van der Waals surface area contributed by atoms with E-state index in [1.165, 1.54) is 0 Å². The minimum atomic E-state index is -1.24. The Morgan fingerprint density at radius 2 is 1.74 bits per heavy atom. The molecule has 0 bridgehead atoms. The number of hydrogen-bond acceptors (Lipinski definition) is 3. The van der Waals surface area contributed by atoms with Crippen molar-refractivity contribution in [3.8, 4) is 0 Å². The van der Waals surface area contributed by atoms with Gasteiger partial charge in [0, 0.05) is 11.3 Å². The van der Waals surface area contributed by atoms with E-state index in [-0.39, 0.29) is 12.3 Å². The predicted octanol–water partition coefficient (Wildman–Crippen LogP) is 0.206. The number of para-hydroxylation sites is 1. The number of carboxylic acids is 1. The van der Waals surface area contributed by atoms with Crippen molar-refractivity contribution in [2.45, 2.75) is 25.9 Å². The first-order valence-electron chi connectivity index (χ1n) is 7.50. The minimum absolute atomic E-state index is 0.135. The molecule has 0 radical (unpaired) electrons. The summed E-state index contributed by atoms with van der Waals surface area (Å²) >= 11 is 0. The normalized spacial score (nSPS) is 11.7. The van der Waals surface area contributed by atoms with Gasteiger partial charge in [0.05, 0.1) is 12.4 Å². The van der Waals surface area contributed by atoms with Crippen molar-refractivity contribution in [2.75, 3.05) is 5.32 Å². The van der Waals surface area contributed by atoms with Crippen LogP contribution in [0.2, 0.25) is 0 Å². The number of carbonyl (C=O) groups is 2. The summed E-state index contributed by atoms with van der Waals surface area (Å²) in [7, 11) is 0. The number of rotatable bonds is 7. The number of nitrogens with one attached hydrogen (secondary N) is 1. The summed E-state index contributed by atoms with van der Waals surface area (Å²) in [6.45, 7) is 2.37. The summed E-state index contributed by atoms with van der Waals surface area (Å²) in [5, 5.41) is 15.6. The topological polar surface area (TPSA) is 85.8 Å². The molecule has 120 valence electrons. The van der Waals surface area contributed by atoms with E-state index >= 15 is 0 Å². The molecule has 2 aromatic carbocycles. The molecule has 0 aromatic heterocycles. The molecule has 0 aliphatic heterocycles. The molecule has 0 unspecified atom stereocenters. The van der Waals surface area contributed by atoms with Crippen LogP contribution in [-0.4, -0.2) is 17.9 Å². The largest absolute Gasteiger partial charge is 0.544 e. The van der Waals surface area contributed by atoms with Gasteiger partial charge in [0.1, 0.15) is 12.6 Å². The van der Waals surface area contributed by atoms with E-state index in [1.807, 2.05) is 55.5 Å². The van der Waals surface area contributed by atoms with Gasteiger partial charge in [0.2, 0.25) is 5.91 Å². The molecule has 3 N–H and O–H groups in total. The number of carboxylic acid groups (broad SMARTS) is 1. The monoisotopic (exact) mass is 312 g/mol. The number of anilines is 1. The third-order valence-corrected chi connectivity index (χ3v) is 3.61. The summed E-state index contributed by atoms with van der Waals surface area (Å²) < 4.78 is 0. The number of quaternary nitrogens is 1. The quantitative estimate of drug-likeness (QED) is 0.766. The van der Waals surface area contributed by atoms with Crippen LogP contribution < -0.4 is 15.7 Å². The van der Waals surface area contributed by atoms with Crippen LogP contribution in [0.1, 0.15) is 17.5 Å². The smallest absolute Gasteiger partial charge is 0.230 e. The highest BCUT2D eigenvalue weighted by Gasteiger charge is 2.18. The molecule has 1 atom stereocenters. The van der Waals surface area contributed by atoms with Crippen LogP contribution in [0.15, 0.2) is 54.6 Å². The molecule has 0 fully saturated rings. The molecule has 0 saturated carbocycles. The van der Waals surface area contributed by atoms with Crippen LogP contribution in [0, 0.1) is 6.92 Å². The molecule has 2 aromatic rings. The van der Waals surface area contributed by atoms with Crippen LogP contribution >= 0.6 is 0 Å². The van der Waals surface area contributed by atoms with Crippen molar-refractivity contribution in [1.82, 2.24) is 0 Å². The van der Waals surface area contributed by atoms with E-state index in [1.54, 1.807) is 11.4 Å². The first kappa shape index (κ1) is 16.7. The van der Waals surface area contributed by atoms with E-state index in [0.717, 1.165) is 11.1 Å². The highest BCUT2D eigenvalue weighted by molar-refractivity contribution is 5.93. The molecule has 0 aliphatic rings. The third kappa shape index (κ3) is 5.23. The van der Waals surface area contributed by atoms with Crippen molar-refractivity contribution in [2.24, 2.45) is 0 Å². The number of aliphatic carboxylic acids is 1. The van der Waals surface area contributed by atoms with Gasteiger partial charge < -0.3 is 20.5 Å². The van der Waals surface area contributed by atoms with E-state index < -0.39 is 12.0 Å². The standard InChI is InChI=1S/C18H20N2O3/c1-13-7-5-6-10-15(13)20-17(21)11-16(18(22)23)19-12-14-8-3-2-4-9-14/h2-10,16,19H,11-12H2,1H3,(H,20,21)(H,22,23)/t16-/m0/s1. The predicted molar refractivity (Wildman–Crippen MR) is 85.3 cm³/mol. The lowest BCUT2D eigenvalue weighted by Gasteiger charge is -2.17. The van der Waals surface area contributed by atoms with Crippen LogP contribution in [-0.2, 0) is 16.1 Å². The van der Waals surface area contributed by atoms with E-state index in [4.69, 9.17) is 0 Å². The number of benzene rings is 2. The van der Waals surface area contributed by atoms with Crippen molar-refractivity contribution < 1.29 is 20.0 Å². The average Bonchev–Trinajstić information content (AvgIpc) is 2.54. The van der Waals surface area contributed by atoms with Gasteiger partial charge in [-0.05, 0) is 18.6 Å². The lowest BCUT2D eigenvalue weighted by atomic mass is 10.1. The third-order valence-electron chi connectivity index (χ3n) is 3.61. The molecule has 2 rings (SSSR count). The fourth-order valence-electron chi connectivity index (χ4n) is 2.27. The molecule has 0 heterocycles. The second-order valence-corrected chi connectivity index (χ2v) is 5.42. The molecule has 0 saturated heterocycles. The molecule has 5 heteroatoms. The Balaban J connectivity index is 1.92. The number of amides is 1. The van der Waals surface area contributed by atoms with Gasteiger partial charge in [-0.15, -0.1) is 0 Å². The first-order chi connectivity index (χ1) is 11.1. The highest BCUT2D eigenvalue weighted by Crippen LogP contribution is 2.13. The number of carbonyl (C=O) groups excluding carboxylic acids is 2. The maximum atomic E-state index is 12.1. The van der Waals surface area contributed by atoms with Gasteiger partial charge >= 0.3 is 0 Å². The van der Waals surface area contributed by atoms with Crippen molar-refractivity contribution >= 4 is 17.6 Å². The Morgan fingerprint density at radius 3 is 2.39 bits per heavy atom. The summed E-state index contributed by atoms with van der Waals surface area (Å²) in [5.74, 6) is -1.57. The van der Waals surface area contributed by atoms with Crippen molar-refractivity contribution in [3.63, 3.8) is 0 Å². The van der Waals surface area contributed by atoms with Gasteiger partial charge in [-0.2, -0.15) is 0 Å². The second kappa shape index (κ2) is 8.10. The zero-order chi connectivity index (χ0) is 16.7. The molecule has 0 spiro atoms. The summed E-state index contributed by atoms with van der Waals surface area (Å²) in [6.07, 6.45) is -0.135. The lowest BCUT2D eigenvalue weighted by molar-refractivity contribution is -0.697. The summed E-state index contributed by atoms with van der Waals surface area (Å²) in [4.78, 5) is 23.3. The molecule has 1 amide bonds. The Labute approximate surface area is 135 Å².